The molecule has 2 aromatic carbocycles. The summed E-state index contributed by atoms with van der Waals surface area (Å²) in [5.74, 6) is -0.292. The minimum atomic E-state index is -0.308. The Hall–Kier alpha value is -3.21. The molecule has 0 atom stereocenters. The fourth-order valence-corrected chi connectivity index (χ4v) is 2.49. The molecule has 0 radical (unpaired) electrons. The number of nitrogens with one attached hydrogen (secondary N) is 1. The predicted octanol–water partition coefficient (Wildman–Crippen LogP) is 3.11. The lowest BCUT2D eigenvalue weighted by atomic mass is 10.1. The molecule has 1 amide bonds. The molecule has 0 aliphatic heterocycles. The van der Waals surface area contributed by atoms with E-state index in [1.165, 1.54) is 16.3 Å². The maximum Gasteiger partial charge on any atom is 0.267 e. The van der Waals surface area contributed by atoms with Crippen molar-refractivity contribution in [2.24, 2.45) is 0 Å². The van der Waals surface area contributed by atoms with E-state index in [-0.39, 0.29) is 18.0 Å². The van der Waals surface area contributed by atoms with E-state index in [9.17, 15) is 9.59 Å². The van der Waals surface area contributed by atoms with Crippen LogP contribution in [0.1, 0.15) is 12.5 Å². The quantitative estimate of drug-likeness (QED) is 0.780. The number of carbonyl (C=O) groups is 1. The van der Waals surface area contributed by atoms with E-state index in [0.29, 0.717) is 11.4 Å². The largest absolute Gasteiger partial charge is 0.324 e. The van der Waals surface area contributed by atoms with Crippen LogP contribution in [-0.2, 0) is 17.8 Å². The molecule has 0 aliphatic carbocycles. The second-order valence-corrected chi connectivity index (χ2v) is 5.68. The van der Waals surface area contributed by atoms with Crippen LogP contribution >= 0.6 is 0 Å². The van der Waals surface area contributed by atoms with Gasteiger partial charge in [0.15, 0.2) is 0 Å². The number of para-hydroxylation sites is 1. The van der Waals surface area contributed by atoms with Crippen molar-refractivity contribution in [1.82, 2.24) is 9.78 Å². The highest BCUT2D eigenvalue weighted by Gasteiger charge is 2.08. The number of hydrogen-bond donors (Lipinski definition) is 1. The topological polar surface area (TPSA) is 64.0 Å². The van der Waals surface area contributed by atoms with Gasteiger partial charge in [0.2, 0.25) is 5.91 Å². The average molecular weight is 333 g/mol. The molecule has 25 heavy (non-hydrogen) atoms. The molecule has 3 aromatic rings. The third-order valence-corrected chi connectivity index (χ3v) is 3.88. The second kappa shape index (κ2) is 7.57. The number of aromatic nitrogens is 2. The van der Waals surface area contributed by atoms with E-state index >= 15 is 0 Å². The first-order valence-corrected chi connectivity index (χ1v) is 8.18. The van der Waals surface area contributed by atoms with Gasteiger partial charge in [-0.1, -0.05) is 49.4 Å². The van der Waals surface area contributed by atoms with Crippen molar-refractivity contribution in [2.75, 3.05) is 5.32 Å². The summed E-state index contributed by atoms with van der Waals surface area (Å²) in [6.07, 6.45) is 0.965. The fourth-order valence-electron chi connectivity index (χ4n) is 2.49. The minimum Gasteiger partial charge on any atom is -0.324 e. The molecule has 1 aromatic heterocycles. The summed E-state index contributed by atoms with van der Waals surface area (Å²) < 4.78 is 1.18. The molecule has 5 nitrogen and oxygen atoms in total. The van der Waals surface area contributed by atoms with E-state index in [0.717, 1.165) is 12.0 Å². The summed E-state index contributed by atoms with van der Waals surface area (Å²) in [7, 11) is 0. The van der Waals surface area contributed by atoms with Gasteiger partial charge < -0.3 is 5.32 Å². The molecular formula is C20H19N3O2. The van der Waals surface area contributed by atoms with E-state index in [4.69, 9.17) is 0 Å². The predicted molar refractivity (Wildman–Crippen MR) is 98.4 cm³/mol. The van der Waals surface area contributed by atoms with Gasteiger partial charge in [-0.2, -0.15) is 5.10 Å². The van der Waals surface area contributed by atoms with Crippen LogP contribution in [-0.4, -0.2) is 15.7 Å². The zero-order valence-corrected chi connectivity index (χ0v) is 14.0. The van der Waals surface area contributed by atoms with Gasteiger partial charge in [0, 0.05) is 17.3 Å². The van der Waals surface area contributed by atoms with Crippen LogP contribution in [0.15, 0.2) is 71.5 Å². The van der Waals surface area contributed by atoms with Crippen molar-refractivity contribution in [2.45, 2.75) is 19.9 Å². The van der Waals surface area contributed by atoms with Gasteiger partial charge in [0.1, 0.15) is 6.54 Å². The number of aryl methyl sites for hydroxylation is 1. The number of benzene rings is 2. The smallest absolute Gasteiger partial charge is 0.267 e. The Morgan fingerprint density at radius 2 is 1.72 bits per heavy atom. The highest BCUT2D eigenvalue weighted by atomic mass is 16.2. The van der Waals surface area contributed by atoms with Gasteiger partial charge in [0.05, 0.1) is 5.69 Å². The van der Waals surface area contributed by atoms with Gasteiger partial charge in [-0.15, -0.1) is 0 Å². The molecule has 5 heteroatoms. The summed E-state index contributed by atoms with van der Waals surface area (Å²) >= 11 is 0. The minimum absolute atomic E-state index is 0.130. The molecule has 0 fully saturated rings. The Bertz CT molecular complexity index is 916. The van der Waals surface area contributed by atoms with Crippen molar-refractivity contribution in [1.29, 1.82) is 0 Å². The Balaban J connectivity index is 1.79. The maximum atomic E-state index is 12.2. The molecule has 0 spiro atoms. The number of amides is 1. The Labute approximate surface area is 145 Å². The van der Waals surface area contributed by atoms with Crippen LogP contribution in [0, 0.1) is 0 Å². The normalized spacial score (nSPS) is 10.4. The van der Waals surface area contributed by atoms with Crippen LogP contribution in [0.5, 0.6) is 0 Å². The lowest BCUT2D eigenvalue weighted by molar-refractivity contribution is -0.117. The van der Waals surface area contributed by atoms with Gasteiger partial charge in [-0.05, 0) is 30.2 Å². The monoisotopic (exact) mass is 333 g/mol. The summed E-state index contributed by atoms with van der Waals surface area (Å²) in [5, 5.41) is 7.08. The summed E-state index contributed by atoms with van der Waals surface area (Å²) in [6, 6.07) is 20.2. The number of anilines is 1. The Morgan fingerprint density at radius 1 is 1.00 bits per heavy atom. The number of nitrogens with zero attached hydrogens (tertiary/aromatic N) is 2. The van der Waals surface area contributed by atoms with Crippen LogP contribution in [0.2, 0.25) is 0 Å². The molecule has 126 valence electrons. The fraction of sp³-hybridized carbons (Fsp3) is 0.150. The molecule has 0 aliphatic rings. The van der Waals surface area contributed by atoms with Gasteiger partial charge in [0.25, 0.3) is 5.56 Å². The number of rotatable bonds is 5. The highest BCUT2D eigenvalue weighted by Crippen LogP contribution is 2.16. The second-order valence-electron chi connectivity index (χ2n) is 5.68. The third kappa shape index (κ3) is 4.20. The van der Waals surface area contributed by atoms with Gasteiger partial charge in [-0.25, -0.2) is 4.68 Å². The standard InChI is InChI=1S/C20H19N3O2/c1-2-15-8-10-16(11-9-15)18-12-13-20(25)23(22-18)14-19(24)21-17-6-4-3-5-7-17/h3-13H,2,14H2,1H3,(H,21,24). The van der Waals surface area contributed by atoms with Crippen LogP contribution in [0.25, 0.3) is 11.3 Å². The van der Waals surface area contributed by atoms with Crippen molar-refractivity contribution in [3.05, 3.63) is 82.6 Å². The molecule has 0 unspecified atom stereocenters. The SMILES string of the molecule is CCc1ccc(-c2ccc(=O)n(CC(=O)Nc3ccccc3)n2)cc1. The zero-order valence-electron chi connectivity index (χ0n) is 14.0. The molecule has 0 saturated heterocycles. The van der Waals surface area contributed by atoms with Crippen molar-refractivity contribution in [3.8, 4) is 11.3 Å². The molecule has 0 saturated carbocycles. The molecule has 3 rings (SSSR count). The lowest BCUT2D eigenvalue weighted by Gasteiger charge is -2.08. The van der Waals surface area contributed by atoms with Gasteiger partial charge >= 0.3 is 0 Å². The van der Waals surface area contributed by atoms with E-state index in [1.807, 2.05) is 42.5 Å². The molecule has 0 bridgehead atoms. The number of carbonyl (C=O) groups excluding carboxylic acids is 1. The summed E-state index contributed by atoms with van der Waals surface area (Å²) in [5.41, 5.74) is 3.19. The number of hydrogen-bond acceptors (Lipinski definition) is 3. The lowest BCUT2D eigenvalue weighted by Crippen LogP contribution is -2.29. The first kappa shape index (κ1) is 16.6. The Morgan fingerprint density at radius 3 is 2.40 bits per heavy atom. The van der Waals surface area contributed by atoms with Crippen LogP contribution in [0.4, 0.5) is 5.69 Å². The average Bonchev–Trinajstić information content (AvgIpc) is 2.64. The van der Waals surface area contributed by atoms with Crippen molar-refractivity contribution >= 4 is 11.6 Å². The van der Waals surface area contributed by atoms with E-state index in [1.54, 1.807) is 18.2 Å². The summed E-state index contributed by atoms with van der Waals surface area (Å²) in [4.78, 5) is 24.2. The van der Waals surface area contributed by atoms with E-state index < -0.39 is 0 Å². The van der Waals surface area contributed by atoms with Crippen LogP contribution in [0.3, 0.4) is 0 Å². The summed E-state index contributed by atoms with van der Waals surface area (Å²) in [6.45, 7) is 1.97. The Kier molecular flexibility index (Phi) is 5.04. The van der Waals surface area contributed by atoms with Crippen molar-refractivity contribution < 1.29 is 4.79 Å². The van der Waals surface area contributed by atoms with Gasteiger partial charge in [-0.3, -0.25) is 9.59 Å². The first-order chi connectivity index (χ1) is 12.2. The van der Waals surface area contributed by atoms with E-state index in [2.05, 4.69) is 17.3 Å². The maximum absolute atomic E-state index is 12.2. The van der Waals surface area contributed by atoms with Crippen molar-refractivity contribution in [3.63, 3.8) is 0 Å². The first-order valence-electron chi connectivity index (χ1n) is 8.18. The molecular weight excluding hydrogens is 314 g/mol. The van der Waals surface area contributed by atoms with Crippen LogP contribution < -0.4 is 10.9 Å². The molecule has 1 N–H and O–H groups in total. The molecule has 1 heterocycles. The zero-order chi connectivity index (χ0) is 17.6. The third-order valence-electron chi connectivity index (χ3n) is 3.88. The highest BCUT2D eigenvalue weighted by molar-refractivity contribution is 5.90.